The van der Waals surface area contributed by atoms with Crippen LogP contribution in [0.2, 0.25) is 0 Å². The zero-order valence-electron chi connectivity index (χ0n) is 13.1. The summed E-state index contributed by atoms with van der Waals surface area (Å²) in [6.07, 6.45) is 5.45. The molecule has 124 valence electrons. The molecule has 1 fully saturated rings. The molecule has 4 rings (SSSR count). The average molecular weight is 343 g/mol. The van der Waals surface area contributed by atoms with Crippen molar-refractivity contribution in [3.8, 4) is 0 Å². The second kappa shape index (κ2) is 6.52. The number of hydrogen-bond donors (Lipinski definition) is 0. The molecule has 0 unspecified atom stereocenters. The van der Waals surface area contributed by atoms with Crippen molar-refractivity contribution < 1.29 is 4.79 Å². The van der Waals surface area contributed by atoms with E-state index in [1.54, 1.807) is 34.7 Å². The normalized spacial score (nSPS) is 15.2. The number of carbonyl (C=O) groups is 1. The molecule has 0 bridgehead atoms. The number of thiophene rings is 1. The lowest BCUT2D eigenvalue weighted by atomic mass is 10.2. The van der Waals surface area contributed by atoms with Crippen LogP contribution in [0.25, 0.3) is 10.2 Å². The SMILES string of the molecule is O=C(CCn1ccnn1)N1CCN(c2ncnc3ccsc23)CC1. The van der Waals surface area contributed by atoms with E-state index in [1.807, 2.05) is 16.3 Å². The standard InChI is InChI=1S/C15H17N7OS/c23-13(1-4-22-5-3-18-19-22)20-6-8-21(9-7-20)15-14-12(2-10-24-14)16-11-17-15/h2-3,5,10-11H,1,4,6-9H2. The van der Waals surface area contributed by atoms with Gasteiger partial charge in [0, 0.05) is 38.8 Å². The molecule has 0 aliphatic carbocycles. The van der Waals surface area contributed by atoms with Gasteiger partial charge in [-0.2, -0.15) is 0 Å². The molecule has 1 aliphatic heterocycles. The molecular formula is C15H17N7OS. The fourth-order valence-electron chi connectivity index (χ4n) is 2.89. The maximum absolute atomic E-state index is 12.3. The maximum atomic E-state index is 12.3. The van der Waals surface area contributed by atoms with E-state index in [9.17, 15) is 4.79 Å². The molecule has 3 aromatic rings. The highest BCUT2D eigenvalue weighted by molar-refractivity contribution is 7.17. The van der Waals surface area contributed by atoms with Gasteiger partial charge in [0.25, 0.3) is 0 Å². The van der Waals surface area contributed by atoms with Gasteiger partial charge in [-0.05, 0) is 11.4 Å². The summed E-state index contributed by atoms with van der Waals surface area (Å²) >= 11 is 1.66. The molecule has 9 heteroatoms. The van der Waals surface area contributed by atoms with Crippen molar-refractivity contribution in [2.75, 3.05) is 31.1 Å². The molecule has 3 aromatic heterocycles. The Labute approximate surface area is 142 Å². The van der Waals surface area contributed by atoms with Crippen molar-refractivity contribution in [2.24, 2.45) is 0 Å². The van der Waals surface area contributed by atoms with Crippen LogP contribution in [-0.2, 0) is 11.3 Å². The number of anilines is 1. The molecule has 0 spiro atoms. The third-order valence-electron chi connectivity index (χ3n) is 4.18. The molecule has 1 aliphatic rings. The Bertz CT molecular complexity index is 823. The molecule has 8 nitrogen and oxygen atoms in total. The van der Waals surface area contributed by atoms with Gasteiger partial charge in [-0.1, -0.05) is 5.21 Å². The van der Waals surface area contributed by atoms with E-state index < -0.39 is 0 Å². The van der Waals surface area contributed by atoms with E-state index in [1.165, 1.54) is 0 Å². The molecule has 0 aromatic carbocycles. The number of rotatable bonds is 4. The fraction of sp³-hybridized carbons (Fsp3) is 0.400. The molecule has 0 saturated carbocycles. The van der Waals surface area contributed by atoms with Crippen LogP contribution < -0.4 is 4.90 Å². The number of fused-ring (bicyclic) bond motifs is 1. The van der Waals surface area contributed by atoms with Gasteiger partial charge in [0.1, 0.15) is 12.1 Å². The summed E-state index contributed by atoms with van der Waals surface area (Å²) in [5.74, 6) is 1.14. The van der Waals surface area contributed by atoms with Crippen LogP contribution >= 0.6 is 11.3 Å². The lowest BCUT2D eigenvalue weighted by molar-refractivity contribution is -0.131. The van der Waals surface area contributed by atoms with Crippen LogP contribution in [-0.4, -0.2) is 61.9 Å². The van der Waals surface area contributed by atoms with Gasteiger partial charge in [-0.25, -0.2) is 9.97 Å². The average Bonchev–Trinajstić information content (AvgIpc) is 3.31. The monoisotopic (exact) mass is 343 g/mol. The quantitative estimate of drug-likeness (QED) is 0.704. The van der Waals surface area contributed by atoms with Crippen molar-refractivity contribution >= 4 is 33.3 Å². The van der Waals surface area contributed by atoms with Crippen molar-refractivity contribution in [3.63, 3.8) is 0 Å². The largest absolute Gasteiger partial charge is 0.352 e. The van der Waals surface area contributed by atoms with Crippen molar-refractivity contribution in [3.05, 3.63) is 30.2 Å². The molecule has 0 radical (unpaired) electrons. The van der Waals surface area contributed by atoms with Gasteiger partial charge >= 0.3 is 0 Å². The Morgan fingerprint density at radius 2 is 2.08 bits per heavy atom. The van der Waals surface area contributed by atoms with E-state index in [0.717, 1.165) is 29.1 Å². The number of hydrogen-bond acceptors (Lipinski definition) is 7. The van der Waals surface area contributed by atoms with Crippen molar-refractivity contribution in [2.45, 2.75) is 13.0 Å². The first-order valence-electron chi connectivity index (χ1n) is 7.86. The van der Waals surface area contributed by atoms with E-state index in [2.05, 4.69) is 25.2 Å². The molecule has 0 N–H and O–H groups in total. The second-order valence-electron chi connectivity index (χ2n) is 5.62. The summed E-state index contributed by atoms with van der Waals surface area (Å²) in [6.45, 7) is 3.58. The van der Waals surface area contributed by atoms with Gasteiger partial charge in [-0.15, -0.1) is 16.4 Å². The van der Waals surface area contributed by atoms with E-state index in [4.69, 9.17) is 0 Å². The van der Waals surface area contributed by atoms with E-state index in [0.29, 0.717) is 26.1 Å². The van der Waals surface area contributed by atoms with Gasteiger partial charge in [0.2, 0.25) is 5.91 Å². The van der Waals surface area contributed by atoms with Crippen molar-refractivity contribution in [1.82, 2.24) is 29.9 Å². The number of aryl methyl sites for hydroxylation is 1. The Kier molecular flexibility index (Phi) is 4.08. The first kappa shape index (κ1) is 15.0. The minimum absolute atomic E-state index is 0.161. The Balaban J connectivity index is 1.36. The van der Waals surface area contributed by atoms with Crippen LogP contribution in [0.4, 0.5) is 5.82 Å². The number of piperazine rings is 1. The predicted molar refractivity (Wildman–Crippen MR) is 90.8 cm³/mol. The summed E-state index contributed by atoms with van der Waals surface area (Å²) in [6, 6.07) is 2.01. The topological polar surface area (TPSA) is 80.0 Å². The maximum Gasteiger partial charge on any atom is 0.224 e. The molecule has 24 heavy (non-hydrogen) atoms. The molecule has 0 atom stereocenters. The predicted octanol–water partition coefficient (Wildman–Crippen LogP) is 1.02. The zero-order chi connectivity index (χ0) is 16.4. The van der Waals surface area contributed by atoms with E-state index >= 15 is 0 Å². The first-order chi connectivity index (χ1) is 11.8. The lowest BCUT2D eigenvalue weighted by Crippen LogP contribution is -2.49. The van der Waals surface area contributed by atoms with E-state index in [-0.39, 0.29) is 5.91 Å². The minimum atomic E-state index is 0.161. The highest BCUT2D eigenvalue weighted by atomic mass is 32.1. The third-order valence-corrected chi connectivity index (χ3v) is 5.08. The summed E-state index contributed by atoms with van der Waals surface area (Å²) < 4.78 is 2.80. The second-order valence-corrected chi connectivity index (χ2v) is 6.53. The highest BCUT2D eigenvalue weighted by Crippen LogP contribution is 2.28. The smallest absolute Gasteiger partial charge is 0.224 e. The zero-order valence-corrected chi connectivity index (χ0v) is 13.9. The summed E-state index contributed by atoms with van der Waals surface area (Å²) in [5, 5.41) is 9.66. The van der Waals surface area contributed by atoms with Crippen LogP contribution in [0.1, 0.15) is 6.42 Å². The summed E-state index contributed by atoms with van der Waals surface area (Å²) in [7, 11) is 0. The van der Waals surface area contributed by atoms with Crippen LogP contribution in [0.5, 0.6) is 0 Å². The van der Waals surface area contributed by atoms with Gasteiger partial charge in [0.15, 0.2) is 0 Å². The first-order valence-corrected chi connectivity index (χ1v) is 8.74. The number of amides is 1. The molecular weight excluding hydrogens is 326 g/mol. The lowest BCUT2D eigenvalue weighted by Gasteiger charge is -2.35. The summed E-state index contributed by atoms with van der Waals surface area (Å²) in [5.41, 5.74) is 0.983. The number of aromatic nitrogens is 5. The van der Waals surface area contributed by atoms with Crippen LogP contribution in [0, 0.1) is 0 Å². The van der Waals surface area contributed by atoms with Gasteiger partial charge in [-0.3, -0.25) is 9.48 Å². The van der Waals surface area contributed by atoms with Gasteiger partial charge < -0.3 is 9.80 Å². The molecule has 4 heterocycles. The third kappa shape index (κ3) is 2.94. The molecule has 1 saturated heterocycles. The molecule has 1 amide bonds. The summed E-state index contributed by atoms with van der Waals surface area (Å²) in [4.78, 5) is 25.2. The van der Waals surface area contributed by atoms with Crippen LogP contribution in [0.15, 0.2) is 30.2 Å². The van der Waals surface area contributed by atoms with Crippen LogP contribution in [0.3, 0.4) is 0 Å². The Morgan fingerprint density at radius 1 is 1.21 bits per heavy atom. The number of nitrogens with zero attached hydrogens (tertiary/aromatic N) is 7. The fourth-order valence-corrected chi connectivity index (χ4v) is 3.75. The number of carbonyl (C=O) groups excluding carboxylic acids is 1. The van der Waals surface area contributed by atoms with Gasteiger partial charge in [0.05, 0.1) is 23.0 Å². The Morgan fingerprint density at radius 3 is 2.88 bits per heavy atom. The van der Waals surface area contributed by atoms with Crippen molar-refractivity contribution in [1.29, 1.82) is 0 Å². The highest BCUT2D eigenvalue weighted by Gasteiger charge is 2.23. The minimum Gasteiger partial charge on any atom is -0.352 e. The Hall–Kier alpha value is -2.55.